The number of nitrogens with zero attached hydrogens (tertiary/aromatic N) is 1. The molecule has 1 aliphatic rings. The van der Waals surface area contributed by atoms with Gasteiger partial charge in [0.05, 0.1) is 0 Å². The standard InChI is InChI=1S/C9H11NO3/c1-7(12)9(13-6-11)5-8-3-2-4-10-8/h3-4,6,9H,2,5H2,1H3/t9-/m0/s1. The molecule has 0 aromatic heterocycles. The number of hydrogen-bond donors (Lipinski definition) is 0. The van der Waals surface area contributed by atoms with E-state index in [4.69, 9.17) is 0 Å². The maximum atomic E-state index is 11.0. The minimum atomic E-state index is -0.681. The topological polar surface area (TPSA) is 55.7 Å². The van der Waals surface area contributed by atoms with Gasteiger partial charge in [-0.3, -0.25) is 14.6 Å². The summed E-state index contributed by atoms with van der Waals surface area (Å²) in [4.78, 5) is 25.0. The highest BCUT2D eigenvalue weighted by molar-refractivity contribution is 5.82. The molecule has 0 spiro atoms. The van der Waals surface area contributed by atoms with Crippen LogP contribution in [-0.2, 0) is 14.3 Å². The first-order chi connectivity index (χ1) is 6.24. The molecule has 0 fully saturated rings. The predicted molar refractivity (Wildman–Crippen MR) is 47.4 cm³/mol. The second-order valence-corrected chi connectivity index (χ2v) is 2.78. The van der Waals surface area contributed by atoms with Gasteiger partial charge in [-0.2, -0.15) is 0 Å². The fraction of sp³-hybridized carbons (Fsp3) is 0.444. The number of allylic oxidation sites excluding steroid dienone is 1. The number of rotatable bonds is 5. The average molecular weight is 181 g/mol. The average Bonchev–Trinajstić information content (AvgIpc) is 2.56. The Morgan fingerprint density at radius 3 is 3.08 bits per heavy atom. The zero-order valence-corrected chi connectivity index (χ0v) is 7.40. The molecular formula is C9H11NO3. The number of carbonyl (C=O) groups is 2. The van der Waals surface area contributed by atoms with E-state index in [0.29, 0.717) is 12.9 Å². The van der Waals surface area contributed by atoms with E-state index in [-0.39, 0.29) is 5.78 Å². The van der Waals surface area contributed by atoms with Crippen LogP contribution in [0.25, 0.3) is 0 Å². The van der Waals surface area contributed by atoms with Crippen LogP contribution < -0.4 is 0 Å². The summed E-state index contributed by atoms with van der Waals surface area (Å²) in [6.07, 6.45) is 4.15. The molecule has 1 atom stereocenters. The van der Waals surface area contributed by atoms with Crippen molar-refractivity contribution in [3.8, 4) is 0 Å². The third kappa shape index (κ3) is 2.82. The second kappa shape index (κ2) is 4.54. The molecular weight excluding hydrogens is 170 g/mol. The number of Topliss-reactive ketones (excluding diaryl/α,β-unsaturated/α-hetero) is 1. The first-order valence-electron chi connectivity index (χ1n) is 4.05. The Morgan fingerprint density at radius 2 is 2.62 bits per heavy atom. The van der Waals surface area contributed by atoms with Crippen molar-refractivity contribution in [2.24, 2.45) is 4.99 Å². The third-order valence-corrected chi connectivity index (χ3v) is 1.78. The van der Waals surface area contributed by atoms with E-state index >= 15 is 0 Å². The van der Waals surface area contributed by atoms with Crippen molar-refractivity contribution >= 4 is 18.5 Å². The lowest BCUT2D eigenvalue weighted by Crippen LogP contribution is -2.21. The van der Waals surface area contributed by atoms with E-state index in [1.165, 1.54) is 6.92 Å². The molecule has 0 radical (unpaired) electrons. The van der Waals surface area contributed by atoms with Gasteiger partial charge in [0.1, 0.15) is 0 Å². The lowest BCUT2D eigenvalue weighted by atomic mass is 10.1. The highest BCUT2D eigenvalue weighted by Crippen LogP contribution is 2.14. The maximum absolute atomic E-state index is 11.0. The van der Waals surface area contributed by atoms with E-state index < -0.39 is 6.10 Å². The maximum Gasteiger partial charge on any atom is 0.293 e. The monoisotopic (exact) mass is 181 g/mol. The van der Waals surface area contributed by atoms with Gasteiger partial charge < -0.3 is 4.74 Å². The summed E-state index contributed by atoms with van der Waals surface area (Å²) in [5, 5.41) is 0. The highest BCUT2D eigenvalue weighted by atomic mass is 16.5. The zero-order valence-electron chi connectivity index (χ0n) is 7.40. The van der Waals surface area contributed by atoms with Crippen LogP contribution in [-0.4, -0.2) is 24.6 Å². The summed E-state index contributed by atoms with van der Waals surface area (Å²) in [5.41, 5.74) is 0.807. The molecule has 0 saturated carbocycles. The molecule has 1 rings (SSSR count). The third-order valence-electron chi connectivity index (χ3n) is 1.78. The molecule has 1 aliphatic heterocycles. The van der Waals surface area contributed by atoms with Crippen LogP contribution in [0, 0.1) is 0 Å². The van der Waals surface area contributed by atoms with Gasteiger partial charge >= 0.3 is 0 Å². The first-order valence-corrected chi connectivity index (χ1v) is 4.05. The molecule has 0 unspecified atom stereocenters. The van der Waals surface area contributed by atoms with Gasteiger partial charge in [0.15, 0.2) is 11.9 Å². The smallest absolute Gasteiger partial charge is 0.293 e. The highest BCUT2D eigenvalue weighted by Gasteiger charge is 2.17. The molecule has 0 N–H and O–H groups in total. The normalized spacial score (nSPS) is 16.5. The Kier molecular flexibility index (Phi) is 3.37. The molecule has 0 saturated heterocycles. The molecule has 0 aliphatic carbocycles. The van der Waals surface area contributed by atoms with E-state index in [2.05, 4.69) is 9.73 Å². The van der Waals surface area contributed by atoms with Crippen LogP contribution in [0.3, 0.4) is 0 Å². The van der Waals surface area contributed by atoms with Crippen LogP contribution in [0.2, 0.25) is 0 Å². The van der Waals surface area contributed by atoms with E-state index in [1.807, 2.05) is 6.08 Å². The molecule has 0 aromatic rings. The van der Waals surface area contributed by atoms with Crippen molar-refractivity contribution in [1.29, 1.82) is 0 Å². The van der Waals surface area contributed by atoms with Crippen molar-refractivity contribution in [1.82, 2.24) is 0 Å². The van der Waals surface area contributed by atoms with Gasteiger partial charge in [-0.1, -0.05) is 6.08 Å². The summed E-state index contributed by atoms with van der Waals surface area (Å²) in [7, 11) is 0. The molecule has 0 aromatic carbocycles. The Balaban J connectivity index is 2.51. The second-order valence-electron chi connectivity index (χ2n) is 2.78. The number of ether oxygens (including phenoxy) is 1. The van der Waals surface area contributed by atoms with Gasteiger partial charge in [0.25, 0.3) is 6.47 Å². The minimum absolute atomic E-state index is 0.157. The Labute approximate surface area is 76.3 Å². The van der Waals surface area contributed by atoms with Crippen LogP contribution in [0.4, 0.5) is 0 Å². The largest absolute Gasteiger partial charge is 0.456 e. The van der Waals surface area contributed by atoms with Crippen molar-refractivity contribution in [3.63, 3.8) is 0 Å². The van der Waals surface area contributed by atoms with Crippen molar-refractivity contribution < 1.29 is 14.3 Å². The first kappa shape index (κ1) is 9.64. The summed E-state index contributed by atoms with van der Waals surface area (Å²) in [6, 6.07) is 0. The molecule has 0 bridgehead atoms. The Bertz CT molecular complexity index is 268. The SMILES string of the molecule is CC(=O)[C@H](CC1=CCC=N1)OC=O. The molecule has 4 nitrogen and oxygen atoms in total. The van der Waals surface area contributed by atoms with Gasteiger partial charge in [-0.15, -0.1) is 0 Å². The lowest BCUT2D eigenvalue weighted by Gasteiger charge is -2.10. The molecule has 0 amide bonds. The Morgan fingerprint density at radius 1 is 1.85 bits per heavy atom. The van der Waals surface area contributed by atoms with Crippen LogP contribution in [0.15, 0.2) is 16.8 Å². The molecule has 70 valence electrons. The van der Waals surface area contributed by atoms with E-state index in [1.54, 1.807) is 6.21 Å². The lowest BCUT2D eigenvalue weighted by molar-refractivity contribution is -0.142. The van der Waals surface area contributed by atoms with E-state index in [0.717, 1.165) is 12.1 Å². The fourth-order valence-electron chi connectivity index (χ4n) is 1.09. The van der Waals surface area contributed by atoms with Gasteiger partial charge in [-0.25, -0.2) is 0 Å². The van der Waals surface area contributed by atoms with E-state index in [9.17, 15) is 9.59 Å². The molecule has 13 heavy (non-hydrogen) atoms. The number of aliphatic imine (C=N–C) groups is 1. The van der Waals surface area contributed by atoms with Gasteiger partial charge in [0.2, 0.25) is 0 Å². The minimum Gasteiger partial charge on any atom is -0.456 e. The van der Waals surface area contributed by atoms with Crippen LogP contribution >= 0.6 is 0 Å². The zero-order chi connectivity index (χ0) is 9.68. The summed E-state index contributed by atoms with van der Waals surface area (Å²) in [6.45, 7) is 1.69. The molecule has 1 heterocycles. The van der Waals surface area contributed by atoms with Crippen molar-refractivity contribution in [2.75, 3.05) is 0 Å². The Hall–Kier alpha value is -1.45. The van der Waals surface area contributed by atoms with Crippen LogP contribution in [0.1, 0.15) is 19.8 Å². The predicted octanol–water partition coefficient (Wildman–Crippen LogP) is 0.865. The molecule has 4 heteroatoms. The van der Waals surface area contributed by atoms with Crippen molar-refractivity contribution in [2.45, 2.75) is 25.9 Å². The summed E-state index contributed by atoms with van der Waals surface area (Å²) >= 11 is 0. The van der Waals surface area contributed by atoms with Crippen molar-refractivity contribution in [3.05, 3.63) is 11.8 Å². The number of hydrogen-bond acceptors (Lipinski definition) is 4. The van der Waals surface area contributed by atoms with Crippen LogP contribution in [0.5, 0.6) is 0 Å². The van der Waals surface area contributed by atoms with Gasteiger partial charge in [-0.05, 0) is 6.92 Å². The van der Waals surface area contributed by atoms with Gasteiger partial charge in [0, 0.05) is 24.8 Å². The fourth-order valence-corrected chi connectivity index (χ4v) is 1.09. The number of ketones is 1. The summed E-state index contributed by atoms with van der Waals surface area (Å²) in [5.74, 6) is -0.157. The number of carbonyl (C=O) groups excluding carboxylic acids is 2. The summed E-state index contributed by atoms with van der Waals surface area (Å²) < 4.78 is 4.62. The quantitative estimate of drug-likeness (QED) is 0.591.